The Kier molecular flexibility index (Phi) is 1.67. The number of rotatable bonds is 0. The van der Waals surface area contributed by atoms with Gasteiger partial charge in [0.15, 0.2) is 0 Å². The van der Waals surface area contributed by atoms with E-state index in [4.69, 9.17) is 0 Å². The lowest BCUT2D eigenvalue weighted by atomic mass is 9.78. The highest BCUT2D eigenvalue weighted by Crippen LogP contribution is 2.43. The lowest BCUT2D eigenvalue weighted by Crippen LogP contribution is -2.47. The van der Waals surface area contributed by atoms with Gasteiger partial charge in [-0.15, -0.1) is 0 Å². The van der Waals surface area contributed by atoms with Gasteiger partial charge in [-0.2, -0.15) is 0 Å². The Morgan fingerprint density at radius 2 is 1.75 bits per heavy atom. The zero-order valence-electron chi connectivity index (χ0n) is 7.06. The van der Waals surface area contributed by atoms with Gasteiger partial charge in [-0.05, 0) is 19.3 Å². The molecule has 0 unspecified atom stereocenters. The van der Waals surface area contributed by atoms with Gasteiger partial charge in [0.25, 0.3) is 0 Å². The van der Waals surface area contributed by atoms with E-state index in [2.05, 4.69) is 5.32 Å². The van der Waals surface area contributed by atoms with Crippen molar-refractivity contribution in [1.29, 1.82) is 0 Å². The maximum atomic E-state index is 11.5. The van der Waals surface area contributed by atoms with Crippen molar-refractivity contribution in [2.75, 3.05) is 0 Å². The molecular weight excluding hydrogens is 154 g/mol. The number of hydrogen-bond donors (Lipinski definition) is 1. The molecule has 1 heterocycles. The molecule has 2 amide bonds. The summed E-state index contributed by atoms with van der Waals surface area (Å²) in [5, 5.41) is 2.43. The lowest BCUT2D eigenvalue weighted by Gasteiger charge is -2.30. The van der Waals surface area contributed by atoms with Gasteiger partial charge in [0.1, 0.15) is 0 Å². The maximum Gasteiger partial charge on any atom is 0.232 e. The van der Waals surface area contributed by atoms with Gasteiger partial charge >= 0.3 is 0 Å². The van der Waals surface area contributed by atoms with Crippen LogP contribution in [-0.2, 0) is 9.59 Å². The minimum absolute atomic E-state index is 0.0174. The average Bonchev–Trinajstić information content (AvgIpc) is 2.48. The summed E-state index contributed by atoms with van der Waals surface area (Å²) in [7, 11) is 0. The van der Waals surface area contributed by atoms with E-state index in [9.17, 15) is 9.59 Å². The van der Waals surface area contributed by atoms with Crippen molar-refractivity contribution in [2.24, 2.45) is 5.41 Å². The molecule has 3 nitrogen and oxygen atoms in total. The molecule has 0 aromatic rings. The Morgan fingerprint density at radius 1 is 1.08 bits per heavy atom. The first kappa shape index (κ1) is 7.77. The van der Waals surface area contributed by atoms with Crippen LogP contribution in [0.1, 0.15) is 38.5 Å². The van der Waals surface area contributed by atoms with Crippen LogP contribution >= 0.6 is 0 Å². The third-order valence-electron chi connectivity index (χ3n) is 3.13. The van der Waals surface area contributed by atoms with E-state index in [1.807, 2.05) is 0 Å². The Hall–Kier alpha value is -0.860. The number of imide groups is 1. The normalized spacial score (nSPS) is 27.7. The van der Waals surface area contributed by atoms with Crippen molar-refractivity contribution >= 4 is 11.8 Å². The van der Waals surface area contributed by atoms with Crippen LogP contribution in [0, 0.1) is 5.41 Å². The number of hydrogen-bond acceptors (Lipinski definition) is 2. The van der Waals surface area contributed by atoms with E-state index in [0.29, 0.717) is 6.42 Å². The van der Waals surface area contributed by atoms with Gasteiger partial charge in [0, 0.05) is 6.42 Å². The van der Waals surface area contributed by atoms with Crippen molar-refractivity contribution in [3.63, 3.8) is 0 Å². The summed E-state index contributed by atoms with van der Waals surface area (Å²) in [5.41, 5.74) is -0.159. The first-order chi connectivity index (χ1) is 5.73. The van der Waals surface area contributed by atoms with E-state index >= 15 is 0 Å². The summed E-state index contributed by atoms with van der Waals surface area (Å²) in [5.74, 6) is -0.117. The summed E-state index contributed by atoms with van der Waals surface area (Å²) >= 11 is 0. The van der Waals surface area contributed by atoms with Crippen molar-refractivity contribution in [1.82, 2.24) is 5.32 Å². The Labute approximate surface area is 71.5 Å². The standard InChI is InChI=1S/C9H13NO2/c11-7-3-6-9(8(12)10-7)4-1-2-5-9/h1-6H2,(H,10,11,12). The van der Waals surface area contributed by atoms with Crippen molar-refractivity contribution in [3.8, 4) is 0 Å². The molecule has 0 atom stereocenters. The molecule has 1 N–H and O–H groups in total. The molecule has 2 rings (SSSR count). The van der Waals surface area contributed by atoms with Gasteiger partial charge in [0.2, 0.25) is 11.8 Å². The fraction of sp³-hybridized carbons (Fsp3) is 0.778. The van der Waals surface area contributed by atoms with E-state index in [1.54, 1.807) is 0 Å². The van der Waals surface area contributed by atoms with Crippen LogP contribution in [0.5, 0.6) is 0 Å². The highest BCUT2D eigenvalue weighted by Gasteiger charge is 2.44. The third kappa shape index (κ3) is 1.04. The average molecular weight is 167 g/mol. The highest BCUT2D eigenvalue weighted by atomic mass is 16.2. The number of piperidine rings is 1. The number of carbonyl (C=O) groups excluding carboxylic acids is 2. The monoisotopic (exact) mass is 167 g/mol. The van der Waals surface area contributed by atoms with Crippen LogP contribution in [0.25, 0.3) is 0 Å². The molecule has 1 saturated carbocycles. The molecule has 1 aliphatic heterocycles. The van der Waals surface area contributed by atoms with Gasteiger partial charge in [-0.3, -0.25) is 14.9 Å². The van der Waals surface area contributed by atoms with E-state index in [0.717, 1.165) is 32.1 Å². The smallest absolute Gasteiger partial charge is 0.232 e. The molecule has 1 aliphatic carbocycles. The Balaban J connectivity index is 2.16. The molecule has 12 heavy (non-hydrogen) atoms. The zero-order chi connectivity index (χ0) is 8.60. The molecule has 3 heteroatoms. The van der Waals surface area contributed by atoms with Crippen LogP contribution in [0.3, 0.4) is 0 Å². The molecule has 2 aliphatic rings. The maximum absolute atomic E-state index is 11.5. The second-order valence-corrected chi connectivity index (χ2v) is 3.86. The van der Waals surface area contributed by atoms with Gasteiger partial charge in [-0.1, -0.05) is 12.8 Å². The summed E-state index contributed by atoms with van der Waals surface area (Å²) in [6, 6.07) is 0. The number of carbonyl (C=O) groups is 2. The second-order valence-electron chi connectivity index (χ2n) is 3.86. The molecule has 0 aromatic carbocycles. The van der Waals surface area contributed by atoms with Crippen LogP contribution in [0.2, 0.25) is 0 Å². The zero-order valence-corrected chi connectivity index (χ0v) is 7.06. The second kappa shape index (κ2) is 2.57. The molecule has 0 radical (unpaired) electrons. The number of nitrogens with one attached hydrogen (secondary N) is 1. The summed E-state index contributed by atoms with van der Waals surface area (Å²) in [6.45, 7) is 0. The van der Waals surface area contributed by atoms with Crippen molar-refractivity contribution in [3.05, 3.63) is 0 Å². The number of amides is 2. The Bertz CT molecular complexity index is 229. The van der Waals surface area contributed by atoms with E-state index < -0.39 is 0 Å². The van der Waals surface area contributed by atoms with Crippen molar-refractivity contribution < 1.29 is 9.59 Å². The van der Waals surface area contributed by atoms with Gasteiger partial charge in [0.05, 0.1) is 5.41 Å². The van der Waals surface area contributed by atoms with Crippen LogP contribution < -0.4 is 5.32 Å². The van der Waals surface area contributed by atoms with Gasteiger partial charge in [-0.25, -0.2) is 0 Å². The third-order valence-corrected chi connectivity index (χ3v) is 3.13. The SMILES string of the molecule is O=C1CCC2(CCCC2)C(=O)N1. The largest absolute Gasteiger partial charge is 0.296 e. The minimum atomic E-state index is -0.159. The van der Waals surface area contributed by atoms with E-state index in [1.165, 1.54) is 0 Å². The Morgan fingerprint density at radius 3 is 2.33 bits per heavy atom. The first-order valence-corrected chi connectivity index (χ1v) is 4.57. The minimum Gasteiger partial charge on any atom is -0.296 e. The molecule has 1 saturated heterocycles. The van der Waals surface area contributed by atoms with Crippen molar-refractivity contribution in [2.45, 2.75) is 38.5 Å². The quantitative estimate of drug-likeness (QED) is 0.547. The summed E-state index contributed by atoms with van der Waals surface area (Å²) in [6.07, 6.45) is 5.55. The van der Waals surface area contributed by atoms with Gasteiger partial charge < -0.3 is 0 Å². The topological polar surface area (TPSA) is 46.2 Å². The molecule has 66 valence electrons. The molecular formula is C9H13NO2. The predicted molar refractivity (Wildman–Crippen MR) is 43.3 cm³/mol. The first-order valence-electron chi connectivity index (χ1n) is 4.57. The molecule has 2 fully saturated rings. The fourth-order valence-electron chi connectivity index (χ4n) is 2.32. The molecule has 0 bridgehead atoms. The van der Waals surface area contributed by atoms with Crippen LogP contribution in [0.15, 0.2) is 0 Å². The fourth-order valence-corrected chi connectivity index (χ4v) is 2.32. The highest BCUT2D eigenvalue weighted by molar-refractivity contribution is 6.00. The molecule has 1 spiro atoms. The van der Waals surface area contributed by atoms with Crippen LogP contribution in [-0.4, -0.2) is 11.8 Å². The summed E-state index contributed by atoms with van der Waals surface area (Å²) < 4.78 is 0. The van der Waals surface area contributed by atoms with E-state index in [-0.39, 0.29) is 17.2 Å². The lowest BCUT2D eigenvalue weighted by molar-refractivity contribution is -0.141. The molecule has 0 aromatic heterocycles. The predicted octanol–water partition coefficient (Wildman–Crippen LogP) is 0.983. The van der Waals surface area contributed by atoms with Crippen LogP contribution in [0.4, 0.5) is 0 Å². The summed E-state index contributed by atoms with van der Waals surface area (Å²) in [4.78, 5) is 22.4.